The first kappa shape index (κ1) is 19.8. The molecule has 0 unspecified atom stereocenters. The van der Waals surface area contributed by atoms with Crippen molar-refractivity contribution in [2.75, 3.05) is 13.7 Å². The second-order valence-electron chi connectivity index (χ2n) is 6.80. The number of carbonyl (C=O) groups is 2. The first-order valence-corrected chi connectivity index (χ1v) is 8.00. The van der Waals surface area contributed by atoms with Gasteiger partial charge in [0.2, 0.25) is 0 Å². The quantitative estimate of drug-likeness (QED) is 0.723. The van der Waals surface area contributed by atoms with Crippen LogP contribution in [0.1, 0.15) is 50.9 Å². The molecule has 0 radical (unpaired) electrons. The number of nitrogens with one attached hydrogen (secondary N) is 1. The Balaban J connectivity index is 2.82. The molecule has 0 aliphatic rings. The van der Waals surface area contributed by atoms with Gasteiger partial charge in [-0.1, -0.05) is 13.8 Å². The Morgan fingerprint density at radius 1 is 1.25 bits per heavy atom. The largest absolute Gasteiger partial charge is 0.493 e. The van der Waals surface area contributed by atoms with E-state index in [1.165, 1.54) is 7.11 Å². The molecule has 134 valence electrons. The summed E-state index contributed by atoms with van der Waals surface area (Å²) in [7, 11) is 1.52. The number of carboxylic acid groups (broad SMARTS) is 1. The molecule has 1 amide bonds. The molecule has 0 spiro atoms. The van der Waals surface area contributed by atoms with Crippen molar-refractivity contribution in [3.63, 3.8) is 0 Å². The Kier molecular flexibility index (Phi) is 7.07. The topological polar surface area (TPSA) is 84.9 Å². The van der Waals surface area contributed by atoms with Crippen LogP contribution in [0.2, 0.25) is 0 Å². The van der Waals surface area contributed by atoms with Crippen molar-refractivity contribution >= 4 is 11.9 Å². The van der Waals surface area contributed by atoms with E-state index in [-0.39, 0.29) is 12.3 Å². The van der Waals surface area contributed by atoms with E-state index < -0.39 is 11.5 Å². The number of carboxylic acids is 1. The average Bonchev–Trinajstić information content (AvgIpc) is 2.50. The highest BCUT2D eigenvalue weighted by Gasteiger charge is 2.23. The first-order chi connectivity index (χ1) is 11.1. The Morgan fingerprint density at radius 2 is 1.92 bits per heavy atom. The molecule has 0 aliphatic carbocycles. The van der Waals surface area contributed by atoms with E-state index in [2.05, 4.69) is 5.32 Å². The summed E-state index contributed by atoms with van der Waals surface area (Å²) in [5, 5.41) is 11.6. The van der Waals surface area contributed by atoms with Crippen LogP contribution >= 0.6 is 0 Å². The highest BCUT2D eigenvalue weighted by molar-refractivity contribution is 5.95. The molecule has 1 rings (SSSR count). The van der Waals surface area contributed by atoms with E-state index in [1.54, 1.807) is 32.0 Å². The molecule has 0 aromatic heterocycles. The summed E-state index contributed by atoms with van der Waals surface area (Å²) in [5.74, 6) is 0.303. The minimum absolute atomic E-state index is 0.00141. The molecule has 2 N–H and O–H groups in total. The second kappa shape index (κ2) is 8.57. The summed E-state index contributed by atoms with van der Waals surface area (Å²) >= 11 is 0. The molecule has 6 heteroatoms. The minimum Gasteiger partial charge on any atom is -0.493 e. The summed E-state index contributed by atoms with van der Waals surface area (Å²) in [6.07, 6.45) is 0.347. The fourth-order valence-electron chi connectivity index (χ4n) is 2.05. The van der Waals surface area contributed by atoms with Gasteiger partial charge in [-0.2, -0.15) is 0 Å². The van der Waals surface area contributed by atoms with Crippen molar-refractivity contribution in [2.45, 2.75) is 46.1 Å². The van der Waals surface area contributed by atoms with E-state index in [0.29, 0.717) is 36.0 Å². The standard InChI is InChI=1S/C18H27NO5/c1-12(2)11-24-14-7-6-13(10-15(14)23-5)17(22)19-18(3,4)9-8-16(20)21/h6-7,10,12H,8-9,11H2,1-5H3,(H,19,22)(H,20,21). The molecular weight excluding hydrogens is 310 g/mol. The Labute approximate surface area is 143 Å². The molecule has 1 aromatic rings. The van der Waals surface area contributed by atoms with Gasteiger partial charge in [0.15, 0.2) is 11.5 Å². The van der Waals surface area contributed by atoms with Crippen LogP contribution in [0.15, 0.2) is 18.2 Å². The van der Waals surface area contributed by atoms with Crippen LogP contribution < -0.4 is 14.8 Å². The van der Waals surface area contributed by atoms with Gasteiger partial charge in [0, 0.05) is 17.5 Å². The summed E-state index contributed by atoms with van der Waals surface area (Å²) in [5.41, 5.74) is -0.178. The van der Waals surface area contributed by atoms with Crippen molar-refractivity contribution < 1.29 is 24.2 Å². The molecule has 0 saturated carbocycles. The maximum atomic E-state index is 12.4. The Hall–Kier alpha value is -2.24. The van der Waals surface area contributed by atoms with E-state index in [1.807, 2.05) is 13.8 Å². The molecule has 0 heterocycles. The lowest BCUT2D eigenvalue weighted by atomic mass is 9.97. The van der Waals surface area contributed by atoms with Crippen molar-refractivity contribution in [3.05, 3.63) is 23.8 Å². The number of amides is 1. The molecule has 0 fully saturated rings. The van der Waals surface area contributed by atoms with Crippen molar-refractivity contribution in [2.24, 2.45) is 5.92 Å². The SMILES string of the molecule is COc1cc(C(=O)NC(C)(C)CCC(=O)O)ccc1OCC(C)C. The van der Waals surface area contributed by atoms with E-state index >= 15 is 0 Å². The van der Waals surface area contributed by atoms with E-state index in [4.69, 9.17) is 14.6 Å². The van der Waals surface area contributed by atoms with Crippen molar-refractivity contribution in [1.29, 1.82) is 0 Å². The average molecular weight is 337 g/mol. The Morgan fingerprint density at radius 3 is 2.46 bits per heavy atom. The summed E-state index contributed by atoms with van der Waals surface area (Å²) in [4.78, 5) is 23.1. The fourth-order valence-corrected chi connectivity index (χ4v) is 2.05. The summed E-state index contributed by atoms with van der Waals surface area (Å²) in [6, 6.07) is 5.00. The molecule has 1 aromatic carbocycles. The monoisotopic (exact) mass is 337 g/mol. The number of methoxy groups -OCH3 is 1. The molecule has 0 saturated heterocycles. The number of ether oxygens (including phenoxy) is 2. The molecule has 24 heavy (non-hydrogen) atoms. The summed E-state index contributed by atoms with van der Waals surface area (Å²) < 4.78 is 11.0. The van der Waals surface area contributed by atoms with E-state index in [0.717, 1.165) is 0 Å². The number of carbonyl (C=O) groups excluding carboxylic acids is 1. The van der Waals surface area contributed by atoms with Crippen LogP contribution in [0, 0.1) is 5.92 Å². The molecule has 0 bridgehead atoms. The van der Waals surface area contributed by atoms with Crippen LogP contribution in [-0.2, 0) is 4.79 Å². The van der Waals surface area contributed by atoms with Gasteiger partial charge in [0.1, 0.15) is 0 Å². The van der Waals surface area contributed by atoms with Gasteiger partial charge < -0.3 is 19.9 Å². The number of rotatable bonds is 9. The second-order valence-corrected chi connectivity index (χ2v) is 6.80. The smallest absolute Gasteiger partial charge is 0.303 e. The number of hydrogen-bond donors (Lipinski definition) is 2. The highest BCUT2D eigenvalue weighted by atomic mass is 16.5. The third-order valence-electron chi connectivity index (χ3n) is 3.41. The molecule has 6 nitrogen and oxygen atoms in total. The predicted molar refractivity (Wildman–Crippen MR) is 91.7 cm³/mol. The van der Waals surface area contributed by atoms with Gasteiger partial charge in [-0.3, -0.25) is 9.59 Å². The van der Waals surface area contributed by atoms with Gasteiger partial charge in [-0.25, -0.2) is 0 Å². The lowest BCUT2D eigenvalue weighted by molar-refractivity contribution is -0.137. The molecule has 0 aliphatic heterocycles. The maximum absolute atomic E-state index is 12.4. The van der Waals surface area contributed by atoms with Crippen LogP contribution in [0.25, 0.3) is 0 Å². The third-order valence-corrected chi connectivity index (χ3v) is 3.41. The zero-order valence-corrected chi connectivity index (χ0v) is 15.0. The highest BCUT2D eigenvalue weighted by Crippen LogP contribution is 2.28. The van der Waals surface area contributed by atoms with Crippen LogP contribution in [0.5, 0.6) is 11.5 Å². The maximum Gasteiger partial charge on any atom is 0.303 e. The van der Waals surface area contributed by atoms with Gasteiger partial charge in [0.25, 0.3) is 5.91 Å². The normalized spacial score (nSPS) is 11.2. The lowest BCUT2D eigenvalue weighted by Crippen LogP contribution is -2.43. The number of benzene rings is 1. The van der Waals surface area contributed by atoms with Crippen molar-refractivity contribution in [1.82, 2.24) is 5.32 Å². The van der Waals surface area contributed by atoms with E-state index in [9.17, 15) is 9.59 Å². The lowest BCUT2D eigenvalue weighted by Gasteiger charge is -2.25. The van der Waals surface area contributed by atoms with Gasteiger partial charge in [-0.05, 0) is 44.4 Å². The van der Waals surface area contributed by atoms with Gasteiger partial charge in [-0.15, -0.1) is 0 Å². The first-order valence-electron chi connectivity index (χ1n) is 8.00. The molecule has 0 atom stereocenters. The fraction of sp³-hybridized carbons (Fsp3) is 0.556. The Bertz CT molecular complexity index is 581. The molecular formula is C18H27NO5. The zero-order chi connectivity index (χ0) is 18.3. The minimum atomic E-state index is -0.884. The van der Waals surface area contributed by atoms with Gasteiger partial charge in [0.05, 0.1) is 13.7 Å². The van der Waals surface area contributed by atoms with Crippen LogP contribution in [-0.4, -0.2) is 36.2 Å². The van der Waals surface area contributed by atoms with Crippen LogP contribution in [0.3, 0.4) is 0 Å². The van der Waals surface area contributed by atoms with Crippen LogP contribution in [0.4, 0.5) is 0 Å². The summed E-state index contributed by atoms with van der Waals surface area (Å²) in [6.45, 7) is 8.25. The van der Waals surface area contributed by atoms with Gasteiger partial charge >= 0.3 is 5.97 Å². The number of aliphatic carboxylic acids is 1. The third kappa shape index (κ3) is 6.48. The predicted octanol–water partition coefficient (Wildman–Crippen LogP) is 3.10. The zero-order valence-electron chi connectivity index (χ0n) is 15.0. The number of hydrogen-bond acceptors (Lipinski definition) is 4. The van der Waals surface area contributed by atoms with Crippen molar-refractivity contribution in [3.8, 4) is 11.5 Å².